The van der Waals surface area contributed by atoms with E-state index < -0.39 is 6.09 Å². The molecular formula is C24H28N6O2S. The quantitative estimate of drug-likeness (QED) is 0.607. The van der Waals surface area contributed by atoms with E-state index in [4.69, 9.17) is 4.98 Å². The van der Waals surface area contributed by atoms with E-state index in [0.29, 0.717) is 13.1 Å². The predicted octanol–water partition coefficient (Wildman–Crippen LogP) is 4.13. The Hall–Kier alpha value is -3.20. The summed E-state index contributed by atoms with van der Waals surface area (Å²) in [6, 6.07) is 6.24. The first-order valence-electron chi connectivity index (χ1n) is 11.5. The molecule has 1 saturated heterocycles. The van der Waals surface area contributed by atoms with E-state index in [2.05, 4.69) is 38.8 Å². The summed E-state index contributed by atoms with van der Waals surface area (Å²) in [6.45, 7) is 6.63. The molecule has 8 nitrogen and oxygen atoms in total. The van der Waals surface area contributed by atoms with E-state index in [1.54, 1.807) is 11.3 Å². The summed E-state index contributed by atoms with van der Waals surface area (Å²) in [5.41, 5.74) is 4.59. The van der Waals surface area contributed by atoms with E-state index in [-0.39, 0.29) is 0 Å². The minimum Gasteiger partial charge on any atom is -0.465 e. The van der Waals surface area contributed by atoms with Crippen molar-refractivity contribution < 1.29 is 9.90 Å². The molecule has 1 amide bonds. The summed E-state index contributed by atoms with van der Waals surface area (Å²) in [5.74, 6) is 0.806. The molecule has 0 radical (unpaired) electrons. The normalized spacial score (nSPS) is 16.9. The molecule has 0 unspecified atom stereocenters. The molecule has 0 saturated carbocycles. The maximum atomic E-state index is 11.2. The van der Waals surface area contributed by atoms with Crippen molar-refractivity contribution in [3.8, 4) is 0 Å². The second-order valence-electron chi connectivity index (χ2n) is 8.47. The molecule has 0 spiro atoms. The van der Waals surface area contributed by atoms with Crippen LogP contribution in [-0.2, 0) is 6.42 Å². The molecule has 1 N–H and O–H groups in total. The summed E-state index contributed by atoms with van der Waals surface area (Å²) >= 11 is 1.73. The lowest BCUT2D eigenvalue weighted by Gasteiger charge is -2.34. The molecule has 0 atom stereocenters. The van der Waals surface area contributed by atoms with Crippen LogP contribution in [0.2, 0.25) is 0 Å². The fraction of sp³-hybridized carbons (Fsp3) is 0.417. The van der Waals surface area contributed by atoms with E-state index in [9.17, 15) is 9.90 Å². The van der Waals surface area contributed by atoms with Crippen molar-refractivity contribution in [2.24, 2.45) is 0 Å². The minimum atomic E-state index is -0.856. The zero-order valence-corrected chi connectivity index (χ0v) is 19.6. The zero-order chi connectivity index (χ0) is 22.8. The van der Waals surface area contributed by atoms with Gasteiger partial charge in [-0.3, -0.25) is 0 Å². The Bertz CT molecular complexity index is 1170. The SMILES string of the molecule is CCCc1cnc(N2CCN(c3nc4cccc(C5=CCN(C(=O)O)CC5)c4s3)CC2)nc1. The molecule has 4 heterocycles. The Morgan fingerprint density at radius 1 is 1.09 bits per heavy atom. The van der Waals surface area contributed by atoms with E-state index >= 15 is 0 Å². The highest BCUT2D eigenvalue weighted by molar-refractivity contribution is 7.22. The van der Waals surface area contributed by atoms with Crippen LogP contribution in [0.4, 0.5) is 15.9 Å². The molecule has 33 heavy (non-hydrogen) atoms. The number of benzene rings is 1. The molecule has 172 valence electrons. The standard InChI is InChI=1S/C24H28N6O2S/c1-2-4-17-15-25-22(26-16-17)28-11-13-29(14-12-28)23-27-20-6-3-5-19(21(20)33-23)18-7-9-30(10-8-18)24(31)32/h3,5-7,15-16H,2,4,8-14H2,1H3,(H,31,32). The molecule has 0 aliphatic carbocycles. The van der Waals surface area contributed by atoms with Gasteiger partial charge in [0.25, 0.3) is 0 Å². The molecule has 5 rings (SSSR count). The van der Waals surface area contributed by atoms with Gasteiger partial charge in [0.2, 0.25) is 5.95 Å². The minimum absolute atomic E-state index is 0.441. The fourth-order valence-electron chi connectivity index (χ4n) is 4.44. The second-order valence-corrected chi connectivity index (χ2v) is 9.45. The number of aryl methyl sites for hydroxylation is 1. The Kier molecular flexibility index (Phi) is 6.13. The average Bonchev–Trinajstić information content (AvgIpc) is 3.29. The highest BCUT2D eigenvalue weighted by Crippen LogP contribution is 2.36. The molecule has 1 aromatic carbocycles. The maximum Gasteiger partial charge on any atom is 0.407 e. The van der Waals surface area contributed by atoms with Crippen molar-refractivity contribution in [3.63, 3.8) is 0 Å². The third kappa shape index (κ3) is 4.50. The van der Waals surface area contributed by atoms with Gasteiger partial charge in [-0.1, -0.05) is 42.9 Å². The van der Waals surface area contributed by atoms with Crippen molar-refractivity contribution in [3.05, 3.63) is 47.8 Å². The van der Waals surface area contributed by atoms with Gasteiger partial charge in [-0.05, 0) is 35.6 Å². The first kappa shape index (κ1) is 21.6. The predicted molar refractivity (Wildman–Crippen MR) is 132 cm³/mol. The third-order valence-electron chi connectivity index (χ3n) is 6.29. The Balaban J connectivity index is 1.29. The number of carboxylic acid groups (broad SMARTS) is 1. The van der Waals surface area contributed by atoms with Gasteiger partial charge in [-0.25, -0.2) is 19.7 Å². The van der Waals surface area contributed by atoms with E-state index in [0.717, 1.165) is 62.0 Å². The highest BCUT2D eigenvalue weighted by Gasteiger charge is 2.23. The van der Waals surface area contributed by atoms with Crippen molar-refractivity contribution in [2.75, 3.05) is 49.1 Å². The monoisotopic (exact) mass is 464 g/mol. The number of carbonyl (C=O) groups is 1. The number of nitrogens with zero attached hydrogens (tertiary/aromatic N) is 6. The van der Waals surface area contributed by atoms with Gasteiger partial charge in [0.1, 0.15) is 0 Å². The summed E-state index contributed by atoms with van der Waals surface area (Å²) in [7, 11) is 0. The van der Waals surface area contributed by atoms with Crippen LogP contribution in [0.3, 0.4) is 0 Å². The van der Waals surface area contributed by atoms with Gasteiger partial charge in [-0.2, -0.15) is 0 Å². The van der Waals surface area contributed by atoms with Crippen LogP contribution in [0.5, 0.6) is 0 Å². The number of amides is 1. The van der Waals surface area contributed by atoms with Crippen LogP contribution < -0.4 is 9.80 Å². The lowest BCUT2D eigenvalue weighted by atomic mass is 9.99. The Morgan fingerprint density at radius 2 is 1.85 bits per heavy atom. The van der Waals surface area contributed by atoms with E-state index in [1.807, 2.05) is 24.5 Å². The topological polar surface area (TPSA) is 85.7 Å². The van der Waals surface area contributed by atoms with Gasteiger partial charge >= 0.3 is 6.09 Å². The lowest BCUT2D eigenvalue weighted by Crippen LogP contribution is -2.47. The van der Waals surface area contributed by atoms with Crippen molar-refractivity contribution in [1.82, 2.24) is 19.9 Å². The van der Waals surface area contributed by atoms with Crippen LogP contribution in [0, 0.1) is 0 Å². The smallest absolute Gasteiger partial charge is 0.407 e. The highest BCUT2D eigenvalue weighted by atomic mass is 32.1. The zero-order valence-electron chi connectivity index (χ0n) is 18.8. The van der Waals surface area contributed by atoms with Crippen molar-refractivity contribution in [2.45, 2.75) is 26.2 Å². The first-order valence-corrected chi connectivity index (χ1v) is 12.3. The molecular weight excluding hydrogens is 436 g/mol. The fourth-order valence-corrected chi connectivity index (χ4v) is 5.61. The maximum absolute atomic E-state index is 11.2. The number of hydrogen-bond acceptors (Lipinski definition) is 7. The number of piperazine rings is 1. The van der Waals surface area contributed by atoms with E-state index in [1.165, 1.54) is 26.3 Å². The number of fused-ring (bicyclic) bond motifs is 1. The van der Waals surface area contributed by atoms with Crippen LogP contribution in [-0.4, -0.2) is 70.3 Å². The Labute approximate surface area is 197 Å². The summed E-state index contributed by atoms with van der Waals surface area (Å²) in [4.78, 5) is 31.3. The van der Waals surface area contributed by atoms with Gasteiger partial charge in [0, 0.05) is 51.7 Å². The van der Waals surface area contributed by atoms with Crippen molar-refractivity contribution in [1.29, 1.82) is 0 Å². The molecule has 3 aromatic rings. The third-order valence-corrected chi connectivity index (χ3v) is 7.46. The van der Waals surface area contributed by atoms with Crippen LogP contribution >= 0.6 is 11.3 Å². The molecule has 1 fully saturated rings. The summed E-state index contributed by atoms with van der Waals surface area (Å²) in [6.07, 6.45) is 7.92. The van der Waals surface area contributed by atoms with Gasteiger partial charge in [0.05, 0.1) is 10.2 Å². The number of hydrogen-bond donors (Lipinski definition) is 1. The van der Waals surface area contributed by atoms with Crippen LogP contribution in [0.25, 0.3) is 15.8 Å². The number of thiazole rings is 1. The molecule has 2 aliphatic rings. The number of aromatic nitrogens is 3. The molecule has 0 bridgehead atoms. The van der Waals surface area contributed by atoms with Crippen LogP contribution in [0.1, 0.15) is 30.9 Å². The lowest BCUT2D eigenvalue weighted by molar-refractivity contribution is 0.150. The number of rotatable bonds is 5. The summed E-state index contributed by atoms with van der Waals surface area (Å²) in [5, 5.41) is 10.3. The van der Waals surface area contributed by atoms with Gasteiger partial charge < -0.3 is 19.8 Å². The summed E-state index contributed by atoms with van der Waals surface area (Å²) < 4.78 is 1.18. The Morgan fingerprint density at radius 3 is 2.52 bits per heavy atom. The van der Waals surface area contributed by atoms with Crippen molar-refractivity contribution >= 4 is 44.3 Å². The molecule has 2 aromatic heterocycles. The van der Waals surface area contributed by atoms with Crippen LogP contribution in [0.15, 0.2) is 36.7 Å². The largest absolute Gasteiger partial charge is 0.465 e. The average molecular weight is 465 g/mol. The molecule has 2 aliphatic heterocycles. The van der Waals surface area contributed by atoms with Gasteiger partial charge in [-0.15, -0.1) is 0 Å². The first-order chi connectivity index (χ1) is 16.1. The van der Waals surface area contributed by atoms with Gasteiger partial charge in [0.15, 0.2) is 5.13 Å². The molecule has 9 heteroatoms. The number of anilines is 2. The second kappa shape index (κ2) is 9.35.